The molecule has 0 aliphatic heterocycles. The van der Waals surface area contributed by atoms with Crippen molar-refractivity contribution < 1.29 is 0 Å². The molecule has 1 radical (unpaired) electrons. The van der Waals surface area contributed by atoms with Crippen LogP contribution in [0.2, 0.25) is 5.02 Å². The van der Waals surface area contributed by atoms with Gasteiger partial charge < -0.3 is 0 Å². The van der Waals surface area contributed by atoms with Crippen LogP contribution in [0, 0.1) is 6.92 Å². The minimum absolute atomic E-state index is 0.726. The number of aromatic nitrogens is 2. The van der Waals surface area contributed by atoms with Crippen molar-refractivity contribution in [2.24, 2.45) is 0 Å². The van der Waals surface area contributed by atoms with Crippen molar-refractivity contribution in [1.82, 2.24) is 9.78 Å². The van der Waals surface area contributed by atoms with Gasteiger partial charge in [-0.05, 0) is 37.3 Å². The molecule has 2 aromatic carbocycles. The number of benzene rings is 2. The van der Waals surface area contributed by atoms with Crippen LogP contribution < -0.4 is 0 Å². The number of hydrogen-bond donors (Lipinski definition) is 0. The predicted octanol–water partition coefficient (Wildman–Crippen LogP) is 4.37. The normalized spacial score (nSPS) is 10.6. The van der Waals surface area contributed by atoms with Crippen LogP contribution in [0.25, 0.3) is 16.9 Å². The molecule has 0 aliphatic rings. The lowest BCUT2D eigenvalue weighted by atomic mass is 10.1. The quantitative estimate of drug-likeness (QED) is 0.674. The summed E-state index contributed by atoms with van der Waals surface area (Å²) in [6, 6.07) is 19.7. The summed E-state index contributed by atoms with van der Waals surface area (Å²) in [5.74, 6) is 0. The molecular formula is C16H12ClN2. The molecule has 0 unspecified atom stereocenters. The van der Waals surface area contributed by atoms with Crippen LogP contribution in [-0.4, -0.2) is 9.78 Å². The van der Waals surface area contributed by atoms with Gasteiger partial charge in [0.1, 0.15) is 0 Å². The lowest BCUT2D eigenvalue weighted by molar-refractivity contribution is 0.879. The van der Waals surface area contributed by atoms with Gasteiger partial charge in [-0.3, -0.25) is 0 Å². The lowest BCUT2D eigenvalue weighted by Crippen LogP contribution is -1.98. The van der Waals surface area contributed by atoms with Gasteiger partial charge in [-0.1, -0.05) is 41.9 Å². The van der Waals surface area contributed by atoms with Crippen molar-refractivity contribution in [2.75, 3.05) is 0 Å². The molecule has 1 heterocycles. The maximum absolute atomic E-state index is 5.93. The van der Waals surface area contributed by atoms with Gasteiger partial charge in [-0.15, -0.1) is 0 Å². The van der Waals surface area contributed by atoms with Crippen LogP contribution in [0.3, 0.4) is 0 Å². The van der Waals surface area contributed by atoms with Gasteiger partial charge in [-0.2, -0.15) is 5.10 Å². The fraction of sp³-hybridized carbons (Fsp3) is 0. The molecule has 2 nitrogen and oxygen atoms in total. The first-order chi connectivity index (χ1) is 9.24. The summed E-state index contributed by atoms with van der Waals surface area (Å²) < 4.78 is 1.89. The molecule has 0 bridgehead atoms. The third kappa shape index (κ3) is 2.40. The molecule has 1 aromatic heterocycles. The average molecular weight is 268 g/mol. The standard InChI is InChI=1S/C16H12ClN2/c1-12-11-16(13-7-9-14(17)10-8-13)19(18-12)15-5-3-2-4-6-15/h2-11H,1H2. The Morgan fingerprint density at radius 2 is 1.63 bits per heavy atom. The maximum atomic E-state index is 5.93. The Labute approximate surface area is 117 Å². The highest BCUT2D eigenvalue weighted by atomic mass is 35.5. The third-order valence-electron chi connectivity index (χ3n) is 2.90. The van der Waals surface area contributed by atoms with E-state index in [1.165, 1.54) is 0 Å². The highest BCUT2D eigenvalue weighted by Crippen LogP contribution is 2.25. The second-order valence-electron chi connectivity index (χ2n) is 4.28. The summed E-state index contributed by atoms with van der Waals surface area (Å²) >= 11 is 5.93. The number of nitrogens with zero attached hydrogens (tertiary/aromatic N) is 2. The van der Waals surface area contributed by atoms with Gasteiger partial charge in [-0.25, -0.2) is 4.68 Å². The van der Waals surface area contributed by atoms with E-state index < -0.39 is 0 Å². The topological polar surface area (TPSA) is 17.8 Å². The van der Waals surface area contributed by atoms with Gasteiger partial charge in [0.25, 0.3) is 0 Å². The van der Waals surface area contributed by atoms with Gasteiger partial charge in [0.2, 0.25) is 0 Å². The SMILES string of the molecule is [CH2]c1cc(-c2ccc(Cl)cc2)n(-c2ccccc2)n1. The van der Waals surface area contributed by atoms with Crippen LogP contribution >= 0.6 is 11.6 Å². The molecule has 0 N–H and O–H groups in total. The maximum Gasteiger partial charge on any atom is 0.0743 e. The average Bonchev–Trinajstić information content (AvgIpc) is 2.83. The van der Waals surface area contributed by atoms with Gasteiger partial charge in [0.05, 0.1) is 17.1 Å². The molecule has 0 saturated carbocycles. The van der Waals surface area contributed by atoms with Crippen molar-refractivity contribution in [3.05, 3.63) is 78.3 Å². The fourth-order valence-corrected chi connectivity index (χ4v) is 2.15. The van der Waals surface area contributed by atoms with Crippen LogP contribution in [0.15, 0.2) is 60.7 Å². The van der Waals surface area contributed by atoms with Crippen molar-refractivity contribution in [2.45, 2.75) is 0 Å². The van der Waals surface area contributed by atoms with E-state index in [1.807, 2.05) is 65.3 Å². The molecule has 0 atom stereocenters. The van der Waals surface area contributed by atoms with E-state index in [-0.39, 0.29) is 0 Å². The Morgan fingerprint density at radius 3 is 2.32 bits per heavy atom. The molecule has 3 heteroatoms. The Kier molecular flexibility index (Phi) is 3.10. The molecule has 0 amide bonds. The van der Waals surface area contributed by atoms with Gasteiger partial charge >= 0.3 is 0 Å². The Bertz CT molecular complexity index is 685. The summed E-state index contributed by atoms with van der Waals surface area (Å²) in [7, 11) is 0. The van der Waals surface area contributed by atoms with E-state index in [0.717, 1.165) is 27.7 Å². The van der Waals surface area contributed by atoms with E-state index >= 15 is 0 Å². The van der Waals surface area contributed by atoms with Crippen molar-refractivity contribution in [3.63, 3.8) is 0 Å². The zero-order chi connectivity index (χ0) is 13.2. The van der Waals surface area contributed by atoms with E-state index in [2.05, 4.69) is 12.0 Å². The minimum Gasteiger partial charge on any atom is -0.233 e. The highest BCUT2D eigenvalue weighted by molar-refractivity contribution is 6.30. The third-order valence-corrected chi connectivity index (χ3v) is 3.15. The molecule has 3 rings (SSSR count). The molecule has 0 saturated heterocycles. The summed E-state index contributed by atoms with van der Waals surface area (Å²) in [5.41, 5.74) is 3.83. The zero-order valence-electron chi connectivity index (χ0n) is 10.3. The van der Waals surface area contributed by atoms with Crippen LogP contribution in [0.5, 0.6) is 0 Å². The summed E-state index contributed by atoms with van der Waals surface area (Å²) in [5, 5.41) is 5.18. The summed E-state index contributed by atoms with van der Waals surface area (Å²) in [6.45, 7) is 3.91. The summed E-state index contributed by atoms with van der Waals surface area (Å²) in [4.78, 5) is 0. The van der Waals surface area contributed by atoms with Crippen LogP contribution in [0.4, 0.5) is 0 Å². The van der Waals surface area contributed by atoms with E-state index in [0.29, 0.717) is 0 Å². The predicted molar refractivity (Wildman–Crippen MR) is 78.5 cm³/mol. The zero-order valence-corrected chi connectivity index (χ0v) is 11.0. The van der Waals surface area contributed by atoms with Gasteiger partial charge in [0.15, 0.2) is 0 Å². The van der Waals surface area contributed by atoms with E-state index in [4.69, 9.17) is 11.6 Å². The highest BCUT2D eigenvalue weighted by Gasteiger charge is 2.09. The van der Waals surface area contributed by atoms with E-state index in [1.54, 1.807) is 0 Å². The first kappa shape index (κ1) is 12.0. The molecule has 0 aliphatic carbocycles. The molecule has 0 spiro atoms. The summed E-state index contributed by atoms with van der Waals surface area (Å²) in [6.07, 6.45) is 0. The number of hydrogen-bond acceptors (Lipinski definition) is 1. The molecule has 93 valence electrons. The molecule has 0 fully saturated rings. The van der Waals surface area contributed by atoms with Crippen molar-refractivity contribution >= 4 is 11.6 Å². The van der Waals surface area contributed by atoms with Crippen molar-refractivity contribution in [3.8, 4) is 16.9 Å². The molecule has 19 heavy (non-hydrogen) atoms. The number of rotatable bonds is 2. The fourth-order valence-electron chi connectivity index (χ4n) is 2.02. The first-order valence-corrected chi connectivity index (χ1v) is 6.35. The second kappa shape index (κ2) is 4.90. The Morgan fingerprint density at radius 1 is 0.947 bits per heavy atom. The number of para-hydroxylation sites is 1. The monoisotopic (exact) mass is 267 g/mol. The van der Waals surface area contributed by atoms with Crippen LogP contribution in [0.1, 0.15) is 5.69 Å². The Hall–Kier alpha value is -2.06. The molecular weight excluding hydrogens is 256 g/mol. The lowest BCUT2D eigenvalue weighted by Gasteiger charge is -2.07. The first-order valence-electron chi connectivity index (χ1n) is 5.97. The minimum atomic E-state index is 0.726. The smallest absolute Gasteiger partial charge is 0.0743 e. The van der Waals surface area contributed by atoms with Crippen LogP contribution in [-0.2, 0) is 0 Å². The van der Waals surface area contributed by atoms with Crippen molar-refractivity contribution in [1.29, 1.82) is 0 Å². The Balaban J connectivity index is 2.15. The second-order valence-corrected chi connectivity index (χ2v) is 4.71. The largest absolute Gasteiger partial charge is 0.233 e. The number of halogens is 1. The van der Waals surface area contributed by atoms with Gasteiger partial charge in [0, 0.05) is 10.6 Å². The van der Waals surface area contributed by atoms with E-state index in [9.17, 15) is 0 Å². The molecule has 3 aromatic rings.